The van der Waals surface area contributed by atoms with E-state index in [0.29, 0.717) is 23.4 Å². The summed E-state index contributed by atoms with van der Waals surface area (Å²) in [6.45, 7) is 4.04. The lowest BCUT2D eigenvalue weighted by Gasteiger charge is -2.32. The smallest absolute Gasteiger partial charge is 0.268 e. The van der Waals surface area contributed by atoms with E-state index in [1.165, 1.54) is 4.90 Å². The van der Waals surface area contributed by atoms with Crippen molar-refractivity contribution >= 4 is 23.3 Å². The molecular weight excluding hydrogens is 352 g/mol. The number of hydrogen-bond donors (Lipinski definition) is 2. The Bertz CT molecular complexity index is 691. The molecule has 1 aliphatic heterocycles. The zero-order chi connectivity index (χ0) is 19.8. The fourth-order valence-electron chi connectivity index (χ4n) is 2.74. The van der Waals surface area contributed by atoms with Crippen molar-refractivity contribution in [1.82, 2.24) is 5.32 Å². The molecule has 0 spiro atoms. The van der Waals surface area contributed by atoms with E-state index in [-0.39, 0.29) is 50.5 Å². The van der Waals surface area contributed by atoms with Crippen molar-refractivity contribution in [3.05, 3.63) is 23.8 Å². The highest BCUT2D eigenvalue weighted by molar-refractivity contribution is 6.05. The molecule has 148 valence electrons. The Labute approximate surface area is 158 Å². The van der Waals surface area contributed by atoms with E-state index < -0.39 is 6.10 Å². The number of aliphatic hydroxyl groups excluding tert-OH is 1. The normalized spacial score (nSPS) is 15.9. The van der Waals surface area contributed by atoms with Crippen LogP contribution in [0.15, 0.2) is 18.2 Å². The van der Waals surface area contributed by atoms with Crippen molar-refractivity contribution in [2.24, 2.45) is 0 Å². The number of ether oxygens (including phenoxy) is 2. The van der Waals surface area contributed by atoms with Gasteiger partial charge in [0.15, 0.2) is 11.9 Å². The number of hydrogen-bond acceptors (Lipinski definition) is 6. The molecule has 1 heterocycles. The van der Waals surface area contributed by atoms with Crippen LogP contribution in [-0.4, -0.2) is 61.7 Å². The third-order valence-corrected chi connectivity index (χ3v) is 4.07. The zero-order valence-corrected chi connectivity index (χ0v) is 15.7. The lowest BCUT2D eigenvalue weighted by molar-refractivity contribution is -0.128. The molecule has 8 nitrogen and oxygen atoms in total. The Kier molecular flexibility index (Phi) is 7.75. The van der Waals surface area contributed by atoms with E-state index in [1.54, 1.807) is 25.1 Å². The first-order valence-corrected chi connectivity index (χ1v) is 9.08. The molecule has 0 radical (unpaired) electrons. The Morgan fingerprint density at radius 1 is 1.33 bits per heavy atom. The molecule has 1 unspecified atom stereocenters. The van der Waals surface area contributed by atoms with E-state index in [1.807, 2.05) is 6.92 Å². The molecule has 2 rings (SSSR count). The fourth-order valence-corrected chi connectivity index (χ4v) is 2.74. The molecule has 1 aromatic carbocycles. The van der Waals surface area contributed by atoms with Crippen LogP contribution >= 0.6 is 0 Å². The summed E-state index contributed by atoms with van der Waals surface area (Å²) in [6, 6.07) is 4.94. The average Bonchev–Trinajstić information content (AvgIpc) is 2.65. The summed E-state index contributed by atoms with van der Waals surface area (Å²) < 4.78 is 10.7. The van der Waals surface area contributed by atoms with Gasteiger partial charge in [-0.3, -0.25) is 19.3 Å². The molecule has 0 saturated heterocycles. The monoisotopic (exact) mass is 378 g/mol. The first-order valence-electron chi connectivity index (χ1n) is 9.08. The minimum absolute atomic E-state index is 0.0168. The molecule has 1 atom stereocenters. The van der Waals surface area contributed by atoms with E-state index >= 15 is 0 Å². The number of benzene rings is 1. The number of ketones is 1. The summed E-state index contributed by atoms with van der Waals surface area (Å²) in [7, 11) is 0. The van der Waals surface area contributed by atoms with Gasteiger partial charge in [-0.05, 0) is 31.5 Å². The Morgan fingerprint density at radius 2 is 2.11 bits per heavy atom. The second-order valence-electron chi connectivity index (χ2n) is 6.23. The van der Waals surface area contributed by atoms with Crippen LogP contribution in [0.1, 0.15) is 37.0 Å². The van der Waals surface area contributed by atoms with Gasteiger partial charge in [0, 0.05) is 18.5 Å². The molecule has 27 heavy (non-hydrogen) atoms. The van der Waals surface area contributed by atoms with Crippen molar-refractivity contribution in [2.45, 2.75) is 32.8 Å². The minimum Gasteiger partial charge on any atom is -0.479 e. The molecular formula is C19H26N2O6. The molecule has 1 aromatic rings. The molecule has 8 heteroatoms. The second kappa shape index (κ2) is 10.0. The number of carbonyl (C=O) groups excluding carboxylic acids is 3. The van der Waals surface area contributed by atoms with E-state index in [2.05, 4.69) is 5.32 Å². The number of nitrogens with zero attached hydrogens (tertiary/aromatic N) is 1. The van der Waals surface area contributed by atoms with Crippen molar-refractivity contribution in [3.63, 3.8) is 0 Å². The fraction of sp³-hybridized carbons (Fsp3) is 0.526. The highest BCUT2D eigenvalue weighted by Crippen LogP contribution is 2.35. The van der Waals surface area contributed by atoms with Gasteiger partial charge in [-0.25, -0.2) is 0 Å². The number of carbonyl (C=O) groups is 3. The van der Waals surface area contributed by atoms with Gasteiger partial charge in [0.1, 0.15) is 12.3 Å². The first kappa shape index (κ1) is 20.9. The van der Waals surface area contributed by atoms with Gasteiger partial charge in [-0.15, -0.1) is 0 Å². The summed E-state index contributed by atoms with van der Waals surface area (Å²) in [5.41, 5.74) is 0.913. The summed E-state index contributed by atoms with van der Waals surface area (Å²) in [5, 5.41) is 11.3. The minimum atomic E-state index is -0.713. The van der Waals surface area contributed by atoms with E-state index in [9.17, 15) is 14.4 Å². The number of anilines is 1. The predicted molar refractivity (Wildman–Crippen MR) is 99.0 cm³/mol. The van der Waals surface area contributed by atoms with Gasteiger partial charge in [-0.1, -0.05) is 6.92 Å². The van der Waals surface area contributed by atoms with Gasteiger partial charge < -0.3 is 19.9 Å². The van der Waals surface area contributed by atoms with E-state index in [0.717, 1.165) is 6.42 Å². The Morgan fingerprint density at radius 3 is 2.81 bits per heavy atom. The van der Waals surface area contributed by atoms with Gasteiger partial charge in [-0.2, -0.15) is 0 Å². The zero-order valence-electron chi connectivity index (χ0n) is 15.7. The number of amides is 2. The highest BCUT2D eigenvalue weighted by Gasteiger charge is 2.33. The SMILES string of the molecule is CCCC(=O)c1ccc2c(c1)N(CC(=O)NCCOCCO)C(=O)C(C)O2. The molecule has 2 N–H and O–H groups in total. The number of fused-ring (bicyclic) bond motifs is 1. The van der Waals surface area contributed by atoms with E-state index in [4.69, 9.17) is 14.6 Å². The van der Waals surface area contributed by atoms with Crippen LogP contribution in [0, 0.1) is 0 Å². The molecule has 0 aliphatic carbocycles. The van der Waals surface area contributed by atoms with Crippen molar-refractivity contribution in [2.75, 3.05) is 37.8 Å². The van der Waals surface area contributed by atoms with Crippen molar-refractivity contribution in [1.29, 1.82) is 0 Å². The van der Waals surface area contributed by atoms with Crippen LogP contribution in [0.25, 0.3) is 0 Å². The van der Waals surface area contributed by atoms with Crippen LogP contribution in [0.4, 0.5) is 5.69 Å². The summed E-state index contributed by atoms with van der Waals surface area (Å²) in [5.74, 6) is -0.235. The maximum atomic E-state index is 12.5. The highest BCUT2D eigenvalue weighted by atomic mass is 16.5. The number of nitrogens with one attached hydrogen (secondary N) is 1. The van der Waals surface area contributed by atoms with Crippen molar-refractivity contribution in [3.8, 4) is 5.75 Å². The maximum absolute atomic E-state index is 12.5. The Hall–Kier alpha value is -2.45. The molecule has 0 bridgehead atoms. The lowest BCUT2D eigenvalue weighted by atomic mass is 10.0. The van der Waals surface area contributed by atoms with Gasteiger partial charge in [0.25, 0.3) is 5.91 Å². The summed E-state index contributed by atoms with van der Waals surface area (Å²) in [4.78, 5) is 38.3. The third-order valence-electron chi connectivity index (χ3n) is 4.07. The van der Waals surface area contributed by atoms with Crippen molar-refractivity contribution < 1.29 is 29.0 Å². The molecule has 0 aromatic heterocycles. The Balaban J connectivity index is 2.11. The quantitative estimate of drug-likeness (QED) is 0.463. The second-order valence-corrected chi connectivity index (χ2v) is 6.23. The van der Waals surface area contributed by atoms with Crippen LogP contribution < -0.4 is 15.0 Å². The molecule has 0 fully saturated rings. The molecule has 2 amide bonds. The van der Waals surface area contributed by atoms with Crippen LogP contribution in [0.3, 0.4) is 0 Å². The largest absolute Gasteiger partial charge is 0.479 e. The topological polar surface area (TPSA) is 105 Å². The lowest BCUT2D eigenvalue weighted by Crippen LogP contribution is -2.49. The molecule has 0 saturated carbocycles. The predicted octanol–water partition coefficient (Wildman–Crippen LogP) is 0.908. The number of Topliss-reactive ketones (excluding diaryl/α,β-unsaturated/α-hetero) is 1. The first-order chi connectivity index (χ1) is 13.0. The standard InChI is InChI=1S/C19H26N2O6/c1-3-4-16(23)14-5-6-17-15(11-14)21(19(25)13(2)27-17)12-18(24)20-7-9-26-10-8-22/h5-6,11,13,22H,3-4,7-10,12H2,1-2H3,(H,20,24). The number of rotatable bonds is 10. The summed E-state index contributed by atoms with van der Waals surface area (Å²) >= 11 is 0. The van der Waals surface area contributed by atoms with Crippen LogP contribution in [-0.2, 0) is 14.3 Å². The number of aliphatic hydroxyl groups is 1. The van der Waals surface area contributed by atoms with Gasteiger partial charge >= 0.3 is 0 Å². The van der Waals surface area contributed by atoms with Crippen LogP contribution in [0.5, 0.6) is 5.75 Å². The van der Waals surface area contributed by atoms with Gasteiger partial charge in [0.05, 0.1) is 25.5 Å². The average molecular weight is 378 g/mol. The molecule has 1 aliphatic rings. The summed E-state index contributed by atoms with van der Waals surface area (Å²) in [6.07, 6.45) is 0.431. The van der Waals surface area contributed by atoms with Crippen LogP contribution in [0.2, 0.25) is 0 Å². The third kappa shape index (κ3) is 5.51. The van der Waals surface area contributed by atoms with Gasteiger partial charge in [0.2, 0.25) is 5.91 Å². The maximum Gasteiger partial charge on any atom is 0.268 e.